The van der Waals surface area contributed by atoms with E-state index >= 15 is 0 Å². The maximum absolute atomic E-state index is 12.3. The van der Waals surface area contributed by atoms with Crippen molar-refractivity contribution < 1.29 is 4.79 Å². The van der Waals surface area contributed by atoms with E-state index in [0.717, 1.165) is 29.9 Å². The van der Waals surface area contributed by atoms with Crippen LogP contribution < -0.4 is 10.6 Å². The van der Waals surface area contributed by atoms with Gasteiger partial charge in [0.1, 0.15) is 0 Å². The van der Waals surface area contributed by atoms with Gasteiger partial charge in [-0.15, -0.1) is 0 Å². The minimum atomic E-state index is -0.236. The smallest absolute Gasteiger partial charge is 0.319 e. The maximum atomic E-state index is 12.3. The zero-order valence-corrected chi connectivity index (χ0v) is 13.2. The number of hydrogen-bond acceptors (Lipinski definition) is 2. The van der Waals surface area contributed by atoms with Crippen molar-refractivity contribution in [3.8, 4) is 0 Å². The predicted molar refractivity (Wildman–Crippen MR) is 88.1 cm³/mol. The minimum absolute atomic E-state index is 0.177. The quantitative estimate of drug-likeness (QED) is 0.892. The summed E-state index contributed by atoms with van der Waals surface area (Å²) >= 11 is 0. The Hall–Kier alpha value is -2.36. The average molecular weight is 295 g/mol. The van der Waals surface area contributed by atoms with Gasteiger partial charge in [-0.25, -0.2) is 4.79 Å². The topological polar surface area (TPSA) is 54.0 Å². The molecule has 3 rings (SSSR count). The third kappa shape index (κ3) is 2.96. The van der Waals surface area contributed by atoms with Crippen LogP contribution >= 0.6 is 0 Å². The second-order valence-electron chi connectivity index (χ2n) is 6.35. The van der Waals surface area contributed by atoms with Crippen LogP contribution in [0.4, 0.5) is 10.5 Å². The van der Waals surface area contributed by atoms with Crippen LogP contribution in [0.5, 0.6) is 0 Å². The Bertz CT molecular complexity index is 699. The van der Waals surface area contributed by atoms with E-state index in [0.29, 0.717) is 0 Å². The van der Waals surface area contributed by atoms with Gasteiger partial charge < -0.3 is 10.6 Å². The van der Waals surface area contributed by atoms with E-state index in [-0.39, 0.29) is 11.6 Å². The fourth-order valence-corrected chi connectivity index (χ4v) is 3.14. The fourth-order valence-electron chi connectivity index (χ4n) is 3.14. The minimum Gasteiger partial charge on any atom is -0.332 e. The highest BCUT2D eigenvalue weighted by Crippen LogP contribution is 2.29. The lowest BCUT2D eigenvalue weighted by Gasteiger charge is -2.25. The zero-order chi connectivity index (χ0) is 15.7. The molecule has 0 radical (unpaired) electrons. The second kappa shape index (κ2) is 5.44. The summed E-state index contributed by atoms with van der Waals surface area (Å²) in [5, 5.41) is 6.02. The van der Waals surface area contributed by atoms with Crippen molar-refractivity contribution in [2.75, 3.05) is 5.32 Å². The number of anilines is 1. The number of aromatic nitrogens is 1. The molecule has 0 saturated heterocycles. The Balaban J connectivity index is 1.68. The molecule has 22 heavy (non-hydrogen) atoms. The highest BCUT2D eigenvalue weighted by atomic mass is 16.2. The summed E-state index contributed by atoms with van der Waals surface area (Å²) < 4.78 is 0. The van der Waals surface area contributed by atoms with E-state index < -0.39 is 0 Å². The number of fused-ring (bicyclic) bond motifs is 1. The third-order valence-corrected chi connectivity index (χ3v) is 4.17. The molecule has 4 nitrogen and oxygen atoms in total. The number of rotatable bonds is 2. The number of carbonyl (C=O) groups is 1. The first-order chi connectivity index (χ1) is 10.5. The van der Waals surface area contributed by atoms with Crippen molar-refractivity contribution in [2.45, 2.75) is 39.2 Å². The summed E-state index contributed by atoms with van der Waals surface area (Å²) in [6.45, 7) is 5.93. The van der Waals surface area contributed by atoms with Crippen molar-refractivity contribution in [1.29, 1.82) is 0 Å². The molecule has 0 unspecified atom stereocenters. The summed E-state index contributed by atoms with van der Waals surface area (Å²) in [7, 11) is 0. The monoisotopic (exact) mass is 295 g/mol. The van der Waals surface area contributed by atoms with E-state index in [1.807, 2.05) is 38.1 Å². The largest absolute Gasteiger partial charge is 0.332 e. The number of urea groups is 1. The lowest BCUT2D eigenvalue weighted by atomic mass is 9.99. The molecule has 0 fully saturated rings. The Morgan fingerprint density at radius 2 is 1.73 bits per heavy atom. The van der Waals surface area contributed by atoms with Gasteiger partial charge in [0.2, 0.25) is 0 Å². The molecule has 2 aromatic rings. The van der Waals surface area contributed by atoms with Crippen LogP contribution in [0.3, 0.4) is 0 Å². The molecule has 1 aliphatic rings. The van der Waals surface area contributed by atoms with Crippen LogP contribution in [-0.2, 0) is 12.8 Å². The normalized spacial score (nSPS) is 15.2. The van der Waals surface area contributed by atoms with Gasteiger partial charge in [-0.3, -0.25) is 4.98 Å². The lowest BCUT2D eigenvalue weighted by Crippen LogP contribution is -2.48. The number of nitrogens with zero attached hydrogens (tertiary/aromatic N) is 1. The first-order valence-corrected chi connectivity index (χ1v) is 7.55. The number of nitrogens with one attached hydrogen (secondary N) is 2. The van der Waals surface area contributed by atoms with Gasteiger partial charge in [-0.1, -0.05) is 24.3 Å². The van der Waals surface area contributed by atoms with Crippen molar-refractivity contribution in [2.24, 2.45) is 0 Å². The van der Waals surface area contributed by atoms with Crippen LogP contribution in [0.1, 0.15) is 29.4 Å². The molecule has 4 heteroatoms. The molecule has 0 spiro atoms. The Kier molecular flexibility index (Phi) is 3.61. The molecule has 2 N–H and O–H groups in total. The summed E-state index contributed by atoms with van der Waals surface area (Å²) in [5.41, 5.74) is 4.93. The van der Waals surface area contributed by atoms with Gasteiger partial charge in [0.05, 0.1) is 11.4 Å². The molecule has 0 aliphatic heterocycles. The molecule has 0 atom stereocenters. The molecular formula is C18H21N3O. The summed E-state index contributed by atoms with van der Waals surface area (Å²) in [4.78, 5) is 16.7. The SMILES string of the molecule is Cc1ccc(NC(=O)NC2(C)Cc3ccccc3C2)c(C)n1. The molecule has 1 heterocycles. The molecule has 2 amide bonds. The van der Waals surface area contributed by atoms with Crippen LogP contribution in [0, 0.1) is 13.8 Å². The van der Waals surface area contributed by atoms with Crippen LogP contribution in [0.15, 0.2) is 36.4 Å². The number of hydrogen-bond donors (Lipinski definition) is 2. The van der Waals surface area contributed by atoms with E-state index in [9.17, 15) is 4.79 Å². The molecule has 1 aliphatic carbocycles. The fraction of sp³-hybridized carbons (Fsp3) is 0.333. The number of amides is 2. The molecule has 0 bridgehead atoms. The summed E-state index contributed by atoms with van der Waals surface area (Å²) in [6.07, 6.45) is 1.73. The Morgan fingerprint density at radius 1 is 1.09 bits per heavy atom. The highest BCUT2D eigenvalue weighted by Gasteiger charge is 2.33. The standard InChI is InChI=1S/C18H21N3O/c1-12-8-9-16(13(2)19-12)20-17(22)21-18(3)10-14-6-4-5-7-15(14)11-18/h4-9H,10-11H2,1-3H3,(H2,20,21,22). The van der Waals surface area contributed by atoms with Crippen LogP contribution in [0.25, 0.3) is 0 Å². The Labute approximate surface area is 131 Å². The Morgan fingerprint density at radius 3 is 2.32 bits per heavy atom. The summed E-state index contributed by atoms with van der Waals surface area (Å²) in [5.74, 6) is 0. The van der Waals surface area contributed by atoms with Gasteiger partial charge in [0.25, 0.3) is 0 Å². The maximum Gasteiger partial charge on any atom is 0.319 e. The number of pyridine rings is 1. The molecular weight excluding hydrogens is 274 g/mol. The molecule has 1 aromatic heterocycles. The number of benzene rings is 1. The van der Waals surface area contributed by atoms with Crippen LogP contribution in [0.2, 0.25) is 0 Å². The van der Waals surface area contributed by atoms with Gasteiger partial charge in [0, 0.05) is 11.2 Å². The third-order valence-electron chi connectivity index (χ3n) is 4.17. The highest BCUT2D eigenvalue weighted by molar-refractivity contribution is 5.90. The van der Waals surface area contributed by atoms with Crippen molar-refractivity contribution in [3.05, 3.63) is 58.9 Å². The average Bonchev–Trinajstić information content (AvgIpc) is 2.77. The first kappa shape index (κ1) is 14.6. The molecule has 114 valence electrons. The van der Waals surface area contributed by atoms with Crippen LogP contribution in [-0.4, -0.2) is 16.6 Å². The molecule has 1 aromatic carbocycles. The predicted octanol–water partition coefficient (Wildman–Crippen LogP) is 3.38. The van der Waals surface area contributed by atoms with Gasteiger partial charge in [-0.05, 0) is 56.9 Å². The van der Waals surface area contributed by atoms with Crippen molar-refractivity contribution >= 4 is 11.7 Å². The first-order valence-electron chi connectivity index (χ1n) is 7.55. The number of carbonyl (C=O) groups excluding carboxylic acids is 1. The van der Waals surface area contributed by atoms with Crippen molar-refractivity contribution in [3.63, 3.8) is 0 Å². The molecule has 0 saturated carbocycles. The van der Waals surface area contributed by atoms with E-state index in [2.05, 4.69) is 34.7 Å². The van der Waals surface area contributed by atoms with Gasteiger partial charge in [-0.2, -0.15) is 0 Å². The lowest BCUT2D eigenvalue weighted by molar-refractivity contribution is 0.240. The van der Waals surface area contributed by atoms with E-state index in [1.165, 1.54) is 11.1 Å². The van der Waals surface area contributed by atoms with Gasteiger partial charge >= 0.3 is 6.03 Å². The van der Waals surface area contributed by atoms with E-state index in [4.69, 9.17) is 0 Å². The second-order valence-corrected chi connectivity index (χ2v) is 6.35. The van der Waals surface area contributed by atoms with Crippen molar-refractivity contribution in [1.82, 2.24) is 10.3 Å². The number of aryl methyl sites for hydroxylation is 2. The van der Waals surface area contributed by atoms with E-state index in [1.54, 1.807) is 0 Å². The zero-order valence-electron chi connectivity index (χ0n) is 13.2. The van der Waals surface area contributed by atoms with Gasteiger partial charge in [0.15, 0.2) is 0 Å². The summed E-state index contributed by atoms with van der Waals surface area (Å²) in [6, 6.07) is 12.0.